The summed E-state index contributed by atoms with van der Waals surface area (Å²) in [4.78, 5) is 26.3. The minimum Gasteiger partial charge on any atom is -0.354 e. The summed E-state index contributed by atoms with van der Waals surface area (Å²) in [6.45, 7) is 2.88. The van der Waals surface area contributed by atoms with Gasteiger partial charge in [-0.15, -0.1) is 0 Å². The fourth-order valence-electron chi connectivity index (χ4n) is 2.97. The summed E-state index contributed by atoms with van der Waals surface area (Å²) in [6, 6.07) is 2.27. The molecular weight excluding hydrogens is 256 g/mol. The molecule has 0 saturated carbocycles. The molecule has 1 unspecified atom stereocenters. The Morgan fingerprint density at radius 1 is 1.25 bits per heavy atom. The monoisotopic (exact) mass is 276 g/mol. The van der Waals surface area contributed by atoms with Gasteiger partial charge in [-0.25, -0.2) is 4.79 Å². The van der Waals surface area contributed by atoms with Crippen LogP contribution in [0.2, 0.25) is 0 Å². The second-order valence-corrected chi connectivity index (χ2v) is 5.27. The molecule has 1 saturated heterocycles. The van der Waals surface area contributed by atoms with Crippen molar-refractivity contribution in [3.05, 3.63) is 26.4 Å². The molecule has 2 heterocycles. The maximum atomic E-state index is 12.1. The molecule has 108 valence electrons. The first-order valence-corrected chi connectivity index (χ1v) is 6.99. The van der Waals surface area contributed by atoms with Crippen LogP contribution in [0.3, 0.4) is 0 Å². The van der Waals surface area contributed by atoms with Crippen LogP contribution in [0.5, 0.6) is 0 Å². The van der Waals surface area contributed by atoms with Gasteiger partial charge in [0.25, 0.3) is 5.56 Å². The molecule has 1 fully saturated rings. The second-order valence-electron chi connectivity index (χ2n) is 5.27. The number of hydrogen-bond acceptors (Lipinski definition) is 4. The summed E-state index contributed by atoms with van der Waals surface area (Å²) in [7, 11) is 3.03. The molecule has 0 aromatic carbocycles. The molecule has 1 aliphatic rings. The van der Waals surface area contributed by atoms with Gasteiger partial charge in [-0.05, 0) is 25.7 Å². The number of hydrogen-bond donors (Lipinski definition) is 0. The van der Waals surface area contributed by atoms with Crippen LogP contribution in [-0.4, -0.2) is 21.7 Å². The maximum Gasteiger partial charge on any atom is 0.332 e. The summed E-state index contributed by atoms with van der Waals surface area (Å²) in [6.07, 6.45) is 4.14. The van der Waals surface area contributed by atoms with Gasteiger partial charge < -0.3 is 4.90 Å². The van der Waals surface area contributed by atoms with Crippen molar-refractivity contribution < 1.29 is 0 Å². The van der Waals surface area contributed by atoms with E-state index >= 15 is 0 Å². The van der Waals surface area contributed by atoms with Crippen LogP contribution in [0.4, 0.5) is 5.82 Å². The highest BCUT2D eigenvalue weighted by Crippen LogP contribution is 2.26. The molecule has 2 rings (SSSR count). The lowest BCUT2D eigenvalue weighted by atomic mass is 9.99. The van der Waals surface area contributed by atoms with E-state index in [0.29, 0.717) is 5.82 Å². The molecule has 1 aliphatic heterocycles. The van der Waals surface area contributed by atoms with E-state index in [2.05, 4.69) is 11.8 Å². The zero-order valence-electron chi connectivity index (χ0n) is 12.2. The van der Waals surface area contributed by atoms with Gasteiger partial charge >= 0.3 is 5.69 Å². The number of piperidine rings is 1. The van der Waals surface area contributed by atoms with Crippen LogP contribution < -0.4 is 16.1 Å². The van der Waals surface area contributed by atoms with E-state index < -0.39 is 5.56 Å². The van der Waals surface area contributed by atoms with Crippen molar-refractivity contribution in [2.75, 3.05) is 11.4 Å². The van der Waals surface area contributed by atoms with Crippen LogP contribution in [0.25, 0.3) is 0 Å². The molecule has 6 nitrogen and oxygen atoms in total. The zero-order valence-corrected chi connectivity index (χ0v) is 12.2. The van der Waals surface area contributed by atoms with Crippen molar-refractivity contribution in [2.24, 2.45) is 14.1 Å². The smallest absolute Gasteiger partial charge is 0.332 e. The van der Waals surface area contributed by atoms with Gasteiger partial charge in [-0.2, -0.15) is 5.26 Å². The van der Waals surface area contributed by atoms with E-state index in [1.165, 1.54) is 11.6 Å². The van der Waals surface area contributed by atoms with Crippen molar-refractivity contribution in [3.63, 3.8) is 0 Å². The van der Waals surface area contributed by atoms with Gasteiger partial charge in [0, 0.05) is 26.7 Å². The molecule has 0 radical (unpaired) electrons. The lowest BCUT2D eigenvalue weighted by Crippen LogP contribution is -2.47. The third kappa shape index (κ3) is 2.13. The molecule has 0 spiro atoms. The Labute approximate surface area is 117 Å². The molecule has 1 aromatic heterocycles. The molecule has 0 N–H and O–H groups in total. The summed E-state index contributed by atoms with van der Waals surface area (Å²) < 4.78 is 2.42. The molecule has 0 amide bonds. The minimum atomic E-state index is -0.508. The first kappa shape index (κ1) is 14.4. The first-order chi connectivity index (χ1) is 9.52. The van der Waals surface area contributed by atoms with Crippen molar-refractivity contribution in [3.8, 4) is 6.07 Å². The fourth-order valence-corrected chi connectivity index (χ4v) is 2.97. The average molecular weight is 276 g/mol. The molecule has 20 heavy (non-hydrogen) atoms. The van der Waals surface area contributed by atoms with Crippen LogP contribution in [0.1, 0.15) is 38.2 Å². The van der Waals surface area contributed by atoms with Gasteiger partial charge in [0.15, 0.2) is 5.56 Å². The molecule has 6 heteroatoms. The van der Waals surface area contributed by atoms with Crippen molar-refractivity contribution in [1.82, 2.24) is 9.13 Å². The number of nitriles is 1. The SMILES string of the molecule is CCC1CCCCN1c1c(C#N)c(=O)n(C)c(=O)n1C. The molecule has 0 aliphatic carbocycles. The molecular formula is C14H20N4O2. The quantitative estimate of drug-likeness (QED) is 0.798. The highest BCUT2D eigenvalue weighted by molar-refractivity contribution is 5.54. The van der Waals surface area contributed by atoms with E-state index in [1.54, 1.807) is 7.05 Å². The molecule has 1 atom stereocenters. The third-order valence-electron chi connectivity index (χ3n) is 4.12. The highest BCUT2D eigenvalue weighted by atomic mass is 16.2. The Hall–Kier alpha value is -2.03. The van der Waals surface area contributed by atoms with E-state index in [-0.39, 0.29) is 17.3 Å². The molecule has 1 aromatic rings. The van der Waals surface area contributed by atoms with Crippen molar-refractivity contribution in [2.45, 2.75) is 38.6 Å². The van der Waals surface area contributed by atoms with Gasteiger partial charge in [-0.1, -0.05) is 6.92 Å². The maximum absolute atomic E-state index is 12.1. The number of nitrogens with zero attached hydrogens (tertiary/aromatic N) is 4. The topological polar surface area (TPSA) is 71.0 Å². The van der Waals surface area contributed by atoms with Crippen molar-refractivity contribution >= 4 is 5.82 Å². The predicted molar refractivity (Wildman–Crippen MR) is 76.9 cm³/mol. The second kappa shape index (κ2) is 5.53. The van der Waals surface area contributed by atoms with E-state index in [0.717, 1.165) is 36.8 Å². The van der Waals surface area contributed by atoms with Crippen molar-refractivity contribution in [1.29, 1.82) is 5.26 Å². The summed E-state index contributed by atoms with van der Waals surface area (Å²) in [5.74, 6) is 0.479. The Balaban J connectivity index is 2.70. The van der Waals surface area contributed by atoms with Gasteiger partial charge in [0.1, 0.15) is 11.9 Å². The number of anilines is 1. The Bertz CT molecular complexity index is 665. The first-order valence-electron chi connectivity index (χ1n) is 6.99. The van der Waals surface area contributed by atoms with Crippen LogP contribution in [-0.2, 0) is 14.1 Å². The standard InChI is InChI=1S/C14H20N4O2/c1-4-10-7-5-6-8-18(10)12-11(9-15)13(19)17(3)14(20)16(12)2/h10H,4-8H2,1-3H3. The Kier molecular flexibility index (Phi) is 3.98. The van der Waals surface area contributed by atoms with Crippen LogP contribution in [0, 0.1) is 11.3 Å². The van der Waals surface area contributed by atoms with Gasteiger partial charge in [0.2, 0.25) is 0 Å². The van der Waals surface area contributed by atoms with Gasteiger partial charge in [0.05, 0.1) is 0 Å². The van der Waals surface area contributed by atoms with Crippen LogP contribution >= 0.6 is 0 Å². The average Bonchev–Trinajstić information content (AvgIpc) is 2.48. The van der Waals surface area contributed by atoms with E-state index in [1.807, 2.05) is 6.07 Å². The highest BCUT2D eigenvalue weighted by Gasteiger charge is 2.27. The zero-order chi connectivity index (χ0) is 14.9. The lowest BCUT2D eigenvalue weighted by Gasteiger charge is -2.38. The predicted octanol–water partition coefficient (Wildman–Crippen LogP) is 0.725. The third-order valence-corrected chi connectivity index (χ3v) is 4.12. The van der Waals surface area contributed by atoms with E-state index in [4.69, 9.17) is 0 Å². The fraction of sp³-hybridized carbons (Fsp3) is 0.643. The molecule has 0 bridgehead atoms. The van der Waals surface area contributed by atoms with Crippen LogP contribution in [0.15, 0.2) is 9.59 Å². The van der Waals surface area contributed by atoms with E-state index in [9.17, 15) is 14.9 Å². The Morgan fingerprint density at radius 3 is 2.55 bits per heavy atom. The summed E-state index contributed by atoms with van der Waals surface area (Å²) in [5, 5.41) is 9.32. The number of aromatic nitrogens is 2. The lowest BCUT2D eigenvalue weighted by molar-refractivity contribution is 0.439. The Morgan fingerprint density at radius 2 is 1.95 bits per heavy atom. The summed E-state index contributed by atoms with van der Waals surface area (Å²) in [5.41, 5.74) is -0.828. The largest absolute Gasteiger partial charge is 0.354 e. The summed E-state index contributed by atoms with van der Waals surface area (Å²) >= 11 is 0. The van der Waals surface area contributed by atoms with Gasteiger partial charge in [-0.3, -0.25) is 13.9 Å². The normalized spacial score (nSPS) is 18.9. The minimum absolute atomic E-state index is 0.0648. The number of rotatable bonds is 2.